The topological polar surface area (TPSA) is 77.7 Å². The van der Waals surface area contributed by atoms with Gasteiger partial charge in [0.15, 0.2) is 5.82 Å². The van der Waals surface area contributed by atoms with Crippen molar-refractivity contribution >= 4 is 5.91 Å². The van der Waals surface area contributed by atoms with E-state index in [1.54, 1.807) is 36.1 Å². The molecule has 2 heterocycles. The molecule has 1 atom stereocenters. The molecule has 7 heteroatoms. The van der Waals surface area contributed by atoms with Gasteiger partial charge in [-0.2, -0.15) is 4.98 Å². The molecule has 1 aliphatic rings. The molecule has 3 rings (SSSR count). The van der Waals surface area contributed by atoms with Crippen LogP contribution in [0.25, 0.3) is 0 Å². The number of hydrogen-bond acceptors (Lipinski definition) is 6. The number of hydrogen-bond donors (Lipinski definition) is 0. The normalized spacial score (nSPS) is 18.0. The summed E-state index contributed by atoms with van der Waals surface area (Å²) in [6.45, 7) is 5.58. The van der Waals surface area contributed by atoms with Crippen molar-refractivity contribution < 1.29 is 18.8 Å². The highest BCUT2D eigenvalue weighted by molar-refractivity contribution is 5.94. The van der Waals surface area contributed by atoms with Crippen LogP contribution in [0.2, 0.25) is 0 Å². The Hall–Kier alpha value is -2.41. The van der Waals surface area contributed by atoms with Crippen LogP contribution in [0.1, 0.15) is 35.0 Å². The molecule has 7 nitrogen and oxygen atoms in total. The summed E-state index contributed by atoms with van der Waals surface area (Å²) in [5.74, 6) is 1.61. The maximum absolute atomic E-state index is 12.8. The van der Waals surface area contributed by atoms with Crippen molar-refractivity contribution in [1.82, 2.24) is 15.0 Å². The zero-order valence-corrected chi connectivity index (χ0v) is 13.2. The largest absolute Gasteiger partial charge is 0.494 e. The molecule has 1 aromatic heterocycles. The van der Waals surface area contributed by atoms with E-state index in [-0.39, 0.29) is 11.9 Å². The van der Waals surface area contributed by atoms with Crippen LogP contribution in [0, 0.1) is 6.92 Å². The van der Waals surface area contributed by atoms with E-state index in [4.69, 9.17) is 14.0 Å². The Morgan fingerprint density at radius 3 is 2.83 bits per heavy atom. The highest BCUT2D eigenvalue weighted by atomic mass is 16.5. The molecule has 0 radical (unpaired) electrons. The van der Waals surface area contributed by atoms with Gasteiger partial charge in [0.25, 0.3) is 5.91 Å². The highest BCUT2D eigenvalue weighted by Crippen LogP contribution is 2.24. The van der Waals surface area contributed by atoms with Gasteiger partial charge in [0.2, 0.25) is 5.89 Å². The third kappa shape index (κ3) is 3.34. The average Bonchev–Trinajstić information content (AvgIpc) is 3.02. The number of aryl methyl sites for hydroxylation is 1. The van der Waals surface area contributed by atoms with E-state index >= 15 is 0 Å². The summed E-state index contributed by atoms with van der Waals surface area (Å²) in [5, 5.41) is 3.92. The van der Waals surface area contributed by atoms with Crippen LogP contribution in [0.3, 0.4) is 0 Å². The van der Waals surface area contributed by atoms with Gasteiger partial charge in [0, 0.05) is 19.0 Å². The van der Waals surface area contributed by atoms with Crippen LogP contribution in [-0.2, 0) is 4.74 Å². The number of nitrogens with zero attached hydrogens (tertiary/aromatic N) is 3. The first kappa shape index (κ1) is 15.5. The zero-order chi connectivity index (χ0) is 16.2. The zero-order valence-electron chi connectivity index (χ0n) is 13.2. The molecule has 0 bridgehead atoms. The minimum absolute atomic E-state index is 0.0798. The second kappa shape index (κ2) is 6.78. The minimum Gasteiger partial charge on any atom is -0.494 e. The third-order valence-corrected chi connectivity index (χ3v) is 3.64. The molecule has 0 N–H and O–H groups in total. The maximum Gasteiger partial charge on any atom is 0.254 e. The molecule has 23 heavy (non-hydrogen) atoms. The van der Waals surface area contributed by atoms with Crippen molar-refractivity contribution in [3.8, 4) is 5.75 Å². The molecular formula is C16H19N3O4. The minimum atomic E-state index is -0.333. The van der Waals surface area contributed by atoms with Crippen LogP contribution in [0.4, 0.5) is 0 Å². The summed E-state index contributed by atoms with van der Waals surface area (Å²) >= 11 is 0. The number of carbonyl (C=O) groups is 1. The number of benzene rings is 1. The standard InChI is InChI=1S/C16H19N3O4/c1-3-22-13-6-4-12(5-7-13)16(20)19-8-9-21-10-14(19)15-17-11(2)23-18-15/h4-7,14H,3,8-10H2,1-2H3/t14-/m1/s1. The van der Waals surface area contributed by atoms with Gasteiger partial charge < -0.3 is 18.9 Å². The van der Waals surface area contributed by atoms with Crippen molar-refractivity contribution in [2.75, 3.05) is 26.4 Å². The SMILES string of the molecule is CCOc1ccc(C(=O)N2CCOC[C@@H]2c2noc(C)n2)cc1. The number of carbonyl (C=O) groups excluding carboxylic acids is 1. The summed E-state index contributed by atoms with van der Waals surface area (Å²) < 4.78 is 15.9. The van der Waals surface area contributed by atoms with Crippen LogP contribution in [0.5, 0.6) is 5.75 Å². The second-order valence-electron chi connectivity index (χ2n) is 5.22. The first-order valence-electron chi connectivity index (χ1n) is 7.61. The molecule has 122 valence electrons. The molecule has 0 saturated carbocycles. The van der Waals surface area contributed by atoms with Crippen molar-refractivity contribution in [2.24, 2.45) is 0 Å². The number of aromatic nitrogens is 2. The predicted molar refractivity (Wildman–Crippen MR) is 81.2 cm³/mol. The predicted octanol–water partition coefficient (Wildman–Crippen LogP) is 1.99. The van der Waals surface area contributed by atoms with Crippen molar-refractivity contribution in [3.05, 3.63) is 41.5 Å². The smallest absolute Gasteiger partial charge is 0.254 e. The van der Waals surface area contributed by atoms with E-state index in [9.17, 15) is 4.79 Å². The lowest BCUT2D eigenvalue weighted by atomic mass is 10.1. The Labute approximate surface area is 134 Å². The van der Waals surface area contributed by atoms with Crippen molar-refractivity contribution in [3.63, 3.8) is 0 Å². The Morgan fingerprint density at radius 2 is 2.17 bits per heavy atom. The number of ether oxygens (including phenoxy) is 2. The summed E-state index contributed by atoms with van der Waals surface area (Å²) in [7, 11) is 0. The molecule has 0 unspecified atom stereocenters. The Balaban J connectivity index is 1.80. The second-order valence-corrected chi connectivity index (χ2v) is 5.22. The summed E-state index contributed by atoms with van der Waals surface area (Å²) in [6.07, 6.45) is 0. The molecule has 0 spiro atoms. The average molecular weight is 317 g/mol. The van der Waals surface area contributed by atoms with Gasteiger partial charge in [0.05, 0.1) is 19.8 Å². The number of rotatable bonds is 4. The van der Waals surface area contributed by atoms with Crippen molar-refractivity contribution in [2.45, 2.75) is 19.9 Å². The molecule has 1 fully saturated rings. The lowest BCUT2D eigenvalue weighted by Crippen LogP contribution is -2.43. The van der Waals surface area contributed by atoms with Gasteiger partial charge in [-0.25, -0.2) is 0 Å². The Kier molecular flexibility index (Phi) is 4.57. The Bertz CT molecular complexity index is 668. The van der Waals surface area contributed by atoms with Gasteiger partial charge in [-0.15, -0.1) is 0 Å². The van der Waals surface area contributed by atoms with Crippen LogP contribution in [-0.4, -0.2) is 47.3 Å². The van der Waals surface area contributed by atoms with Gasteiger partial charge >= 0.3 is 0 Å². The van der Waals surface area contributed by atoms with Crippen LogP contribution < -0.4 is 4.74 Å². The highest BCUT2D eigenvalue weighted by Gasteiger charge is 2.32. The summed E-state index contributed by atoms with van der Waals surface area (Å²) in [6, 6.07) is 6.79. The van der Waals surface area contributed by atoms with Gasteiger partial charge in [0.1, 0.15) is 11.8 Å². The molecule has 0 aliphatic carbocycles. The lowest BCUT2D eigenvalue weighted by molar-refractivity contribution is -0.00577. The van der Waals surface area contributed by atoms with E-state index in [0.29, 0.717) is 43.6 Å². The van der Waals surface area contributed by atoms with Gasteiger partial charge in [-0.3, -0.25) is 4.79 Å². The first-order valence-corrected chi connectivity index (χ1v) is 7.61. The van der Waals surface area contributed by atoms with Crippen LogP contribution in [0.15, 0.2) is 28.8 Å². The maximum atomic E-state index is 12.8. The molecular weight excluding hydrogens is 298 g/mol. The fourth-order valence-corrected chi connectivity index (χ4v) is 2.54. The number of amides is 1. The summed E-state index contributed by atoms with van der Waals surface area (Å²) in [5.41, 5.74) is 0.598. The third-order valence-electron chi connectivity index (χ3n) is 3.64. The van der Waals surface area contributed by atoms with E-state index < -0.39 is 0 Å². The van der Waals surface area contributed by atoms with Crippen LogP contribution >= 0.6 is 0 Å². The van der Waals surface area contributed by atoms with E-state index in [1.807, 2.05) is 6.92 Å². The molecule has 1 aliphatic heterocycles. The van der Waals surface area contributed by atoms with E-state index in [2.05, 4.69) is 10.1 Å². The van der Waals surface area contributed by atoms with Crippen molar-refractivity contribution in [1.29, 1.82) is 0 Å². The molecule has 1 aromatic carbocycles. The van der Waals surface area contributed by atoms with Gasteiger partial charge in [-0.05, 0) is 31.2 Å². The van der Waals surface area contributed by atoms with E-state index in [1.165, 1.54) is 0 Å². The lowest BCUT2D eigenvalue weighted by Gasteiger charge is -2.33. The number of morpholine rings is 1. The monoisotopic (exact) mass is 317 g/mol. The fourth-order valence-electron chi connectivity index (χ4n) is 2.54. The molecule has 1 saturated heterocycles. The quantitative estimate of drug-likeness (QED) is 0.858. The van der Waals surface area contributed by atoms with Gasteiger partial charge in [-0.1, -0.05) is 5.16 Å². The molecule has 1 amide bonds. The molecule has 2 aromatic rings. The first-order chi connectivity index (χ1) is 11.2. The van der Waals surface area contributed by atoms with E-state index in [0.717, 1.165) is 5.75 Å². The summed E-state index contributed by atoms with van der Waals surface area (Å²) in [4.78, 5) is 18.8. The Morgan fingerprint density at radius 1 is 1.39 bits per heavy atom. The fraction of sp³-hybridized carbons (Fsp3) is 0.438.